The standard InChI is InChI=1S/C22H22ClN7S/c1-14-27-19(12-20(28-14)30-10-8-24-9-11-30)29-22-26-13-16(31-22)4-2-15-3-5-18(23)21-17(15)6-7-25-21/h2-7,12-13,24-25H,8-11H2,1H3,(H,26,27,28,29). The zero-order valence-electron chi connectivity index (χ0n) is 17.0. The van der Waals surface area contributed by atoms with E-state index in [0.717, 1.165) is 75.1 Å². The van der Waals surface area contributed by atoms with E-state index >= 15 is 0 Å². The molecule has 1 fully saturated rings. The summed E-state index contributed by atoms with van der Waals surface area (Å²) in [4.78, 5) is 20.2. The van der Waals surface area contributed by atoms with Crippen molar-refractivity contribution in [2.45, 2.75) is 6.92 Å². The van der Waals surface area contributed by atoms with Gasteiger partial charge in [-0.1, -0.05) is 35.1 Å². The van der Waals surface area contributed by atoms with E-state index in [-0.39, 0.29) is 0 Å². The number of H-pyrrole nitrogens is 1. The molecule has 0 radical (unpaired) electrons. The van der Waals surface area contributed by atoms with Crippen LogP contribution in [0.2, 0.25) is 5.02 Å². The molecule has 0 bridgehead atoms. The largest absolute Gasteiger partial charge is 0.360 e. The van der Waals surface area contributed by atoms with Crippen molar-refractivity contribution in [1.82, 2.24) is 25.3 Å². The SMILES string of the molecule is Cc1nc(Nc2ncc(C=Cc3ccc(Cl)c4[nH]ccc34)s2)cc(N2CCNCC2)n1. The van der Waals surface area contributed by atoms with Crippen LogP contribution in [0.5, 0.6) is 0 Å². The Morgan fingerprint density at radius 3 is 2.90 bits per heavy atom. The van der Waals surface area contributed by atoms with Gasteiger partial charge in [0.25, 0.3) is 0 Å². The fourth-order valence-corrected chi connectivity index (χ4v) is 4.61. The molecule has 0 unspecified atom stereocenters. The molecule has 1 saturated heterocycles. The van der Waals surface area contributed by atoms with Gasteiger partial charge in [-0.3, -0.25) is 0 Å². The van der Waals surface area contributed by atoms with E-state index in [4.69, 9.17) is 11.6 Å². The van der Waals surface area contributed by atoms with E-state index < -0.39 is 0 Å². The van der Waals surface area contributed by atoms with E-state index in [1.165, 1.54) is 0 Å². The number of fused-ring (bicyclic) bond motifs is 1. The Labute approximate surface area is 189 Å². The number of hydrogen-bond donors (Lipinski definition) is 3. The van der Waals surface area contributed by atoms with Crippen molar-refractivity contribution < 1.29 is 0 Å². The summed E-state index contributed by atoms with van der Waals surface area (Å²) in [7, 11) is 0. The normalized spacial score (nSPS) is 14.6. The maximum absolute atomic E-state index is 6.25. The van der Waals surface area contributed by atoms with E-state index in [1.54, 1.807) is 11.3 Å². The number of aromatic nitrogens is 4. The van der Waals surface area contributed by atoms with Crippen molar-refractivity contribution in [2.24, 2.45) is 0 Å². The van der Waals surface area contributed by atoms with Gasteiger partial charge >= 0.3 is 0 Å². The third-order valence-electron chi connectivity index (χ3n) is 5.16. The van der Waals surface area contributed by atoms with Gasteiger partial charge in [0.2, 0.25) is 0 Å². The third-order valence-corrected chi connectivity index (χ3v) is 6.35. The first-order valence-electron chi connectivity index (χ1n) is 10.1. The number of aromatic amines is 1. The number of thiazole rings is 1. The average molecular weight is 452 g/mol. The molecule has 0 saturated carbocycles. The minimum Gasteiger partial charge on any atom is -0.360 e. The van der Waals surface area contributed by atoms with Gasteiger partial charge < -0.3 is 20.5 Å². The summed E-state index contributed by atoms with van der Waals surface area (Å²) >= 11 is 7.83. The van der Waals surface area contributed by atoms with Crippen molar-refractivity contribution in [2.75, 3.05) is 36.4 Å². The van der Waals surface area contributed by atoms with Crippen LogP contribution in [0.15, 0.2) is 36.7 Å². The molecule has 7 nitrogen and oxygen atoms in total. The highest BCUT2D eigenvalue weighted by Gasteiger charge is 2.14. The number of piperazine rings is 1. The van der Waals surface area contributed by atoms with Gasteiger partial charge in [0.1, 0.15) is 17.5 Å². The van der Waals surface area contributed by atoms with Gasteiger partial charge in [-0.2, -0.15) is 0 Å². The second-order valence-electron chi connectivity index (χ2n) is 7.32. The quantitative estimate of drug-likeness (QED) is 0.408. The van der Waals surface area contributed by atoms with Crippen molar-refractivity contribution in [3.63, 3.8) is 0 Å². The number of rotatable bonds is 5. The summed E-state index contributed by atoms with van der Waals surface area (Å²) in [6.07, 6.45) is 7.91. The van der Waals surface area contributed by atoms with Crippen LogP contribution >= 0.6 is 22.9 Å². The minimum absolute atomic E-state index is 0.724. The molecular weight excluding hydrogens is 430 g/mol. The maximum atomic E-state index is 6.25. The lowest BCUT2D eigenvalue weighted by Gasteiger charge is -2.28. The monoisotopic (exact) mass is 451 g/mol. The van der Waals surface area contributed by atoms with Crippen LogP contribution in [-0.2, 0) is 0 Å². The van der Waals surface area contributed by atoms with E-state index in [1.807, 2.05) is 43.6 Å². The first kappa shape index (κ1) is 20.0. The van der Waals surface area contributed by atoms with Crippen LogP contribution in [0.1, 0.15) is 16.3 Å². The van der Waals surface area contributed by atoms with Crippen molar-refractivity contribution in [1.29, 1.82) is 0 Å². The Morgan fingerprint density at radius 2 is 2.03 bits per heavy atom. The summed E-state index contributed by atoms with van der Waals surface area (Å²) in [6, 6.07) is 7.96. The molecule has 0 spiro atoms. The lowest BCUT2D eigenvalue weighted by molar-refractivity contribution is 0.584. The number of aryl methyl sites for hydroxylation is 1. The predicted molar refractivity (Wildman–Crippen MR) is 129 cm³/mol. The average Bonchev–Trinajstić information content (AvgIpc) is 3.44. The molecule has 0 aliphatic carbocycles. The summed E-state index contributed by atoms with van der Waals surface area (Å²) in [5, 5.41) is 9.32. The lowest BCUT2D eigenvalue weighted by atomic mass is 10.1. The van der Waals surface area contributed by atoms with Gasteiger partial charge in [-0.25, -0.2) is 15.0 Å². The number of hydrogen-bond acceptors (Lipinski definition) is 7. The number of halogens is 1. The van der Waals surface area contributed by atoms with Crippen molar-refractivity contribution in [3.05, 3.63) is 57.9 Å². The van der Waals surface area contributed by atoms with Gasteiger partial charge in [-0.15, -0.1) is 0 Å². The molecule has 4 heterocycles. The molecule has 0 amide bonds. The van der Waals surface area contributed by atoms with Crippen molar-refractivity contribution >= 4 is 62.8 Å². The molecule has 5 rings (SSSR count). The van der Waals surface area contributed by atoms with E-state index in [9.17, 15) is 0 Å². The van der Waals surface area contributed by atoms with Crippen LogP contribution in [0.3, 0.4) is 0 Å². The zero-order chi connectivity index (χ0) is 21.2. The van der Waals surface area contributed by atoms with Crippen LogP contribution < -0.4 is 15.5 Å². The van der Waals surface area contributed by atoms with E-state index in [0.29, 0.717) is 0 Å². The minimum atomic E-state index is 0.724. The van der Waals surface area contributed by atoms with Gasteiger partial charge in [0.05, 0.1) is 10.5 Å². The molecule has 0 atom stereocenters. The fourth-order valence-electron chi connectivity index (χ4n) is 3.66. The summed E-state index contributed by atoms with van der Waals surface area (Å²) < 4.78 is 0. The topological polar surface area (TPSA) is 81.8 Å². The predicted octanol–water partition coefficient (Wildman–Crippen LogP) is 4.70. The first-order chi connectivity index (χ1) is 15.2. The Balaban J connectivity index is 1.33. The molecular formula is C22H22ClN7S. The Morgan fingerprint density at radius 1 is 1.16 bits per heavy atom. The Bertz CT molecular complexity index is 1240. The van der Waals surface area contributed by atoms with Crippen molar-refractivity contribution in [3.8, 4) is 0 Å². The second-order valence-corrected chi connectivity index (χ2v) is 8.79. The summed E-state index contributed by atoms with van der Waals surface area (Å²) in [5.74, 6) is 2.46. The van der Waals surface area contributed by atoms with Crippen LogP contribution in [0, 0.1) is 6.92 Å². The van der Waals surface area contributed by atoms with Crippen LogP contribution in [0.4, 0.5) is 16.8 Å². The fraction of sp³-hybridized carbons (Fsp3) is 0.227. The Hall–Kier alpha value is -2.94. The van der Waals surface area contributed by atoms with Gasteiger partial charge in [0.15, 0.2) is 5.13 Å². The molecule has 9 heteroatoms. The number of anilines is 3. The molecule has 1 aromatic carbocycles. The maximum Gasteiger partial charge on any atom is 0.188 e. The molecule has 3 aromatic heterocycles. The van der Waals surface area contributed by atoms with Gasteiger partial charge in [-0.05, 0) is 30.7 Å². The second kappa shape index (κ2) is 8.66. The first-order valence-corrected chi connectivity index (χ1v) is 11.3. The highest BCUT2D eigenvalue weighted by molar-refractivity contribution is 7.16. The highest BCUT2D eigenvalue weighted by Crippen LogP contribution is 2.28. The third kappa shape index (κ3) is 4.41. The zero-order valence-corrected chi connectivity index (χ0v) is 18.6. The smallest absolute Gasteiger partial charge is 0.188 e. The molecule has 158 valence electrons. The van der Waals surface area contributed by atoms with Crippen LogP contribution in [0.25, 0.3) is 23.1 Å². The van der Waals surface area contributed by atoms with Gasteiger partial charge in [0, 0.05) is 54.9 Å². The van der Waals surface area contributed by atoms with Crippen LogP contribution in [-0.4, -0.2) is 46.1 Å². The molecule has 4 aromatic rings. The Kier molecular flexibility index (Phi) is 5.59. The molecule has 31 heavy (non-hydrogen) atoms. The number of nitrogens with one attached hydrogen (secondary N) is 3. The summed E-state index contributed by atoms with van der Waals surface area (Å²) in [5.41, 5.74) is 2.06. The highest BCUT2D eigenvalue weighted by atomic mass is 35.5. The molecule has 1 aliphatic heterocycles. The van der Waals surface area contributed by atoms with E-state index in [2.05, 4.69) is 47.6 Å². The lowest BCUT2D eigenvalue weighted by Crippen LogP contribution is -2.44. The molecule has 1 aliphatic rings. The number of benzene rings is 1. The number of nitrogens with zero attached hydrogens (tertiary/aromatic N) is 4. The summed E-state index contributed by atoms with van der Waals surface area (Å²) in [6.45, 7) is 5.75. The molecule has 3 N–H and O–H groups in total.